The van der Waals surface area contributed by atoms with Gasteiger partial charge in [0.1, 0.15) is 9.84 Å². The van der Waals surface area contributed by atoms with Crippen LogP contribution in [0.3, 0.4) is 0 Å². The van der Waals surface area contributed by atoms with Gasteiger partial charge in [-0.2, -0.15) is 0 Å². The predicted octanol–water partition coefficient (Wildman–Crippen LogP) is -0.512. The van der Waals surface area contributed by atoms with Crippen LogP contribution in [0, 0.1) is 0 Å². The zero-order valence-corrected chi connectivity index (χ0v) is 8.76. The molecule has 0 aromatic carbocycles. The molecule has 1 aliphatic rings. The van der Waals surface area contributed by atoms with Gasteiger partial charge in [0.25, 0.3) is 0 Å². The molecule has 0 spiro atoms. The minimum Gasteiger partial charge on any atom is -0.392 e. The maximum absolute atomic E-state index is 10.8. The Labute approximate surface area is 79.5 Å². The van der Waals surface area contributed by atoms with Gasteiger partial charge in [-0.15, -0.1) is 0 Å². The number of likely N-dealkylation sites (tertiary alicyclic amines) is 1. The van der Waals surface area contributed by atoms with Gasteiger partial charge in [-0.05, 0) is 19.4 Å². The first-order chi connectivity index (χ1) is 5.97. The van der Waals surface area contributed by atoms with Crippen molar-refractivity contribution < 1.29 is 13.5 Å². The smallest absolute Gasteiger partial charge is 0.147 e. The number of nitrogens with zero attached hydrogens (tertiary/aromatic N) is 1. The summed E-state index contributed by atoms with van der Waals surface area (Å²) in [7, 11) is -2.82. The first-order valence-corrected chi connectivity index (χ1v) is 6.61. The Bertz CT molecular complexity index is 250. The van der Waals surface area contributed by atoms with Crippen LogP contribution < -0.4 is 0 Å². The maximum Gasteiger partial charge on any atom is 0.147 e. The van der Waals surface area contributed by atoms with Gasteiger partial charge < -0.3 is 10.0 Å². The van der Waals surface area contributed by atoms with E-state index in [1.165, 1.54) is 6.26 Å². The number of β-amino-alcohol motifs (C(OH)–C–C–N with tert-alkyl or cyclic N) is 1. The van der Waals surface area contributed by atoms with Crippen LogP contribution in [-0.2, 0) is 9.84 Å². The summed E-state index contributed by atoms with van der Waals surface area (Å²) in [4.78, 5) is 2.11. The number of hydrogen-bond acceptors (Lipinski definition) is 4. The van der Waals surface area contributed by atoms with Crippen LogP contribution in [0.4, 0.5) is 0 Å². The largest absolute Gasteiger partial charge is 0.392 e. The van der Waals surface area contributed by atoms with Crippen LogP contribution in [0.1, 0.15) is 12.8 Å². The Morgan fingerprint density at radius 2 is 2.23 bits per heavy atom. The molecule has 1 aliphatic heterocycles. The molecular weight excluding hydrogens is 190 g/mol. The fourth-order valence-corrected chi connectivity index (χ4v) is 2.22. The van der Waals surface area contributed by atoms with Gasteiger partial charge in [0.15, 0.2) is 0 Å². The average molecular weight is 207 g/mol. The molecule has 1 atom stereocenters. The first kappa shape index (κ1) is 10.9. The zero-order valence-electron chi connectivity index (χ0n) is 7.94. The van der Waals surface area contributed by atoms with E-state index in [4.69, 9.17) is 0 Å². The van der Waals surface area contributed by atoms with E-state index in [1.807, 2.05) is 0 Å². The summed E-state index contributed by atoms with van der Waals surface area (Å²) in [5.41, 5.74) is 0. The van der Waals surface area contributed by atoms with Crippen LogP contribution >= 0.6 is 0 Å². The highest BCUT2D eigenvalue weighted by Crippen LogP contribution is 2.08. The van der Waals surface area contributed by atoms with Gasteiger partial charge in [0.2, 0.25) is 0 Å². The molecule has 1 rings (SSSR count). The third-order valence-corrected chi connectivity index (χ3v) is 3.27. The van der Waals surface area contributed by atoms with Crippen molar-refractivity contribution in [3.63, 3.8) is 0 Å². The topological polar surface area (TPSA) is 57.6 Å². The second kappa shape index (κ2) is 4.39. The van der Waals surface area contributed by atoms with Crippen LogP contribution in [0.25, 0.3) is 0 Å². The van der Waals surface area contributed by atoms with Crippen molar-refractivity contribution >= 4 is 9.84 Å². The minimum absolute atomic E-state index is 0.210. The number of aliphatic hydroxyl groups is 1. The lowest BCUT2D eigenvalue weighted by molar-refractivity contribution is 0.176. The second-order valence-corrected chi connectivity index (χ2v) is 5.99. The van der Waals surface area contributed by atoms with Crippen LogP contribution in [0.2, 0.25) is 0 Å². The Morgan fingerprint density at radius 1 is 1.54 bits per heavy atom. The highest BCUT2D eigenvalue weighted by atomic mass is 32.2. The van der Waals surface area contributed by atoms with E-state index in [-0.39, 0.29) is 11.9 Å². The number of aliphatic hydroxyl groups excluding tert-OH is 1. The third-order valence-electron chi connectivity index (χ3n) is 2.24. The highest BCUT2D eigenvalue weighted by molar-refractivity contribution is 7.90. The standard InChI is InChI=1S/C8H17NO3S/c1-13(11,12)6-2-4-9-5-3-8(10)7-9/h8,10H,2-7H2,1H3/t8-/m0/s1. The molecule has 1 fully saturated rings. The fraction of sp³-hybridized carbons (Fsp3) is 1.00. The molecule has 1 heterocycles. The Kier molecular flexibility index (Phi) is 3.70. The summed E-state index contributed by atoms with van der Waals surface area (Å²) >= 11 is 0. The maximum atomic E-state index is 10.8. The lowest BCUT2D eigenvalue weighted by Gasteiger charge is -2.13. The van der Waals surface area contributed by atoms with Crippen molar-refractivity contribution in [1.29, 1.82) is 0 Å². The van der Waals surface area contributed by atoms with Gasteiger partial charge in [0, 0.05) is 19.3 Å². The number of rotatable bonds is 4. The predicted molar refractivity (Wildman–Crippen MR) is 51.4 cm³/mol. The van der Waals surface area contributed by atoms with E-state index in [1.54, 1.807) is 0 Å². The van der Waals surface area contributed by atoms with Gasteiger partial charge in [-0.3, -0.25) is 0 Å². The SMILES string of the molecule is CS(=O)(=O)CCCN1CC[C@H](O)C1. The lowest BCUT2D eigenvalue weighted by atomic mass is 10.3. The summed E-state index contributed by atoms with van der Waals surface area (Å²) in [5, 5.41) is 9.20. The molecule has 0 aliphatic carbocycles. The quantitative estimate of drug-likeness (QED) is 0.674. The molecule has 13 heavy (non-hydrogen) atoms. The third kappa shape index (κ3) is 4.59. The molecule has 0 aromatic heterocycles. The van der Waals surface area contributed by atoms with Crippen molar-refractivity contribution in [1.82, 2.24) is 4.90 Å². The summed E-state index contributed by atoms with van der Waals surface area (Å²) in [6, 6.07) is 0. The molecule has 1 saturated heterocycles. The monoisotopic (exact) mass is 207 g/mol. The van der Waals surface area contributed by atoms with E-state index in [2.05, 4.69) is 4.90 Å². The molecule has 0 amide bonds. The summed E-state index contributed by atoms with van der Waals surface area (Å²) in [5.74, 6) is 0.250. The summed E-state index contributed by atoms with van der Waals surface area (Å²) < 4.78 is 21.6. The van der Waals surface area contributed by atoms with Crippen molar-refractivity contribution in [2.24, 2.45) is 0 Å². The molecule has 0 saturated carbocycles. The summed E-state index contributed by atoms with van der Waals surface area (Å²) in [6.45, 7) is 2.37. The molecule has 0 bridgehead atoms. The minimum atomic E-state index is -2.82. The second-order valence-electron chi connectivity index (χ2n) is 3.73. The number of hydrogen-bond donors (Lipinski definition) is 1. The van der Waals surface area contributed by atoms with Gasteiger partial charge in [0.05, 0.1) is 11.9 Å². The van der Waals surface area contributed by atoms with Crippen molar-refractivity contribution in [2.45, 2.75) is 18.9 Å². The van der Waals surface area contributed by atoms with E-state index >= 15 is 0 Å². The zero-order chi connectivity index (χ0) is 9.90. The first-order valence-electron chi connectivity index (χ1n) is 4.55. The molecule has 78 valence electrons. The van der Waals surface area contributed by atoms with E-state index in [9.17, 15) is 13.5 Å². The highest BCUT2D eigenvalue weighted by Gasteiger charge is 2.19. The van der Waals surface area contributed by atoms with Crippen LogP contribution in [0.15, 0.2) is 0 Å². The van der Waals surface area contributed by atoms with Crippen molar-refractivity contribution in [2.75, 3.05) is 31.6 Å². The van der Waals surface area contributed by atoms with Crippen molar-refractivity contribution in [3.8, 4) is 0 Å². The molecule has 0 aromatic rings. The Hall–Kier alpha value is -0.130. The molecule has 4 nitrogen and oxygen atoms in total. The molecule has 0 unspecified atom stereocenters. The Balaban J connectivity index is 2.14. The van der Waals surface area contributed by atoms with E-state index < -0.39 is 9.84 Å². The number of sulfone groups is 1. The normalized spacial score (nSPS) is 25.2. The van der Waals surface area contributed by atoms with Crippen LogP contribution in [-0.4, -0.2) is 56.2 Å². The summed E-state index contributed by atoms with van der Waals surface area (Å²) in [6.07, 6.45) is 2.54. The van der Waals surface area contributed by atoms with Gasteiger partial charge in [-0.25, -0.2) is 8.42 Å². The fourth-order valence-electron chi connectivity index (χ4n) is 1.57. The van der Waals surface area contributed by atoms with E-state index in [0.29, 0.717) is 13.0 Å². The van der Waals surface area contributed by atoms with Gasteiger partial charge >= 0.3 is 0 Å². The molecular formula is C8H17NO3S. The lowest BCUT2D eigenvalue weighted by Crippen LogP contribution is -2.24. The van der Waals surface area contributed by atoms with Gasteiger partial charge in [-0.1, -0.05) is 0 Å². The van der Waals surface area contributed by atoms with E-state index in [0.717, 1.165) is 19.5 Å². The Morgan fingerprint density at radius 3 is 2.69 bits per heavy atom. The average Bonchev–Trinajstić information content (AvgIpc) is 2.33. The molecule has 0 radical (unpaired) electrons. The van der Waals surface area contributed by atoms with Crippen LogP contribution in [0.5, 0.6) is 0 Å². The van der Waals surface area contributed by atoms with Crippen molar-refractivity contribution in [3.05, 3.63) is 0 Å². The molecule has 5 heteroatoms. The molecule has 1 N–H and O–H groups in total.